The highest BCUT2D eigenvalue weighted by Gasteiger charge is 2.30. The predicted molar refractivity (Wildman–Crippen MR) is 71.9 cm³/mol. The molecule has 0 radical (unpaired) electrons. The molecule has 0 fully saturated rings. The van der Waals surface area contributed by atoms with Crippen LogP contribution in [-0.4, -0.2) is 19.3 Å². The third-order valence-electron chi connectivity index (χ3n) is 3.28. The summed E-state index contributed by atoms with van der Waals surface area (Å²) >= 11 is 0. The first kappa shape index (κ1) is 16.9. The van der Waals surface area contributed by atoms with E-state index in [1.807, 2.05) is 13.8 Å². The maximum Gasteiger partial charge on any atom is 0.416 e. The van der Waals surface area contributed by atoms with Crippen molar-refractivity contribution in [1.82, 2.24) is 5.43 Å². The van der Waals surface area contributed by atoms with Crippen molar-refractivity contribution in [1.29, 1.82) is 0 Å². The number of hydrogen-bond donors (Lipinski definition) is 2. The van der Waals surface area contributed by atoms with Gasteiger partial charge >= 0.3 is 6.18 Å². The average Bonchev–Trinajstić information content (AvgIpc) is 2.37. The molecular weight excluding hydrogens is 269 g/mol. The minimum absolute atomic E-state index is 0.109. The molecule has 2 unspecified atom stereocenters. The van der Waals surface area contributed by atoms with E-state index in [-0.39, 0.29) is 18.1 Å². The van der Waals surface area contributed by atoms with Crippen LogP contribution in [0.2, 0.25) is 0 Å². The van der Waals surface area contributed by atoms with Gasteiger partial charge in [0.05, 0.1) is 17.7 Å². The van der Waals surface area contributed by atoms with Gasteiger partial charge in [-0.2, -0.15) is 13.2 Å². The van der Waals surface area contributed by atoms with Gasteiger partial charge in [-0.1, -0.05) is 26.0 Å². The Balaban J connectivity index is 2.80. The molecule has 6 heteroatoms. The van der Waals surface area contributed by atoms with Crippen LogP contribution < -0.4 is 11.3 Å². The lowest BCUT2D eigenvalue weighted by atomic mass is 9.94. The monoisotopic (exact) mass is 290 g/mol. The lowest BCUT2D eigenvalue weighted by molar-refractivity contribution is -0.137. The van der Waals surface area contributed by atoms with Crippen LogP contribution in [0.3, 0.4) is 0 Å². The molecule has 0 aliphatic rings. The van der Waals surface area contributed by atoms with Gasteiger partial charge in [0.15, 0.2) is 0 Å². The number of rotatable bonds is 6. The normalized spacial score (nSPS) is 15.4. The van der Waals surface area contributed by atoms with E-state index in [1.165, 1.54) is 12.1 Å². The quantitative estimate of drug-likeness (QED) is 0.625. The molecule has 1 aromatic carbocycles. The largest absolute Gasteiger partial charge is 0.416 e. The Morgan fingerprint density at radius 1 is 1.20 bits per heavy atom. The zero-order valence-electron chi connectivity index (χ0n) is 11.9. The van der Waals surface area contributed by atoms with Gasteiger partial charge in [0, 0.05) is 7.11 Å². The van der Waals surface area contributed by atoms with E-state index in [1.54, 1.807) is 7.11 Å². The van der Waals surface area contributed by atoms with E-state index in [2.05, 4.69) is 5.43 Å². The van der Waals surface area contributed by atoms with Crippen molar-refractivity contribution in [2.75, 3.05) is 7.11 Å². The second-order valence-corrected chi connectivity index (χ2v) is 5.12. The maximum absolute atomic E-state index is 12.5. The molecular formula is C14H21F3N2O. The molecule has 1 aromatic rings. The van der Waals surface area contributed by atoms with Crippen molar-refractivity contribution in [2.45, 2.75) is 38.6 Å². The zero-order chi connectivity index (χ0) is 15.3. The summed E-state index contributed by atoms with van der Waals surface area (Å²) in [6.07, 6.45) is -3.91. The molecule has 20 heavy (non-hydrogen) atoms. The fourth-order valence-corrected chi connectivity index (χ4v) is 2.25. The lowest BCUT2D eigenvalue weighted by Gasteiger charge is -2.28. The molecule has 2 atom stereocenters. The lowest BCUT2D eigenvalue weighted by Crippen LogP contribution is -2.48. The number of ether oxygens (including phenoxy) is 1. The highest BCUT2D eigenvalue weighted by molar-refractivity contribution is 5.25. The maximum atomic E-state index is 12.5. The van der Waals surface area contributed by atoms with Crippen LogP contribution in [0.5, 0.6) is 0 Å². The van der Waals surface area contributed by atoms with E-state index >= 15 is 0 Å². The Morgan fingerprint density at radius 3 is 2.10 bits per heavy atom. The molecule has 0 saturated heterocycles. The number of nitrogens with two attached hydrogens (primary N) is 1. The highest BCUT2D eigenvalue weighted by Crippen LogP contribution is 2.29. The van der Waals surface area contributed by atoms with Gasteiger partial charge in [-0.15, -0.1) is 0 Å². The number of benzene rings is 1. The molecule has 3 nitrogen and oxygen atoms in total. The third-order valence-corrected chi connectivity index (χ3v) is 3.28. The van der Waals surface area contributed by atoms with Gasteiger partial charge in [-0.3, -0.25) is 11.3 Å². The minimum atomic E-state index is -4.31. The van der Waals surface area contributed by atoms with Crippen LogP contribution in [0.15, 0.2) is 24.3 Å². The van der Waals surface area contributed by atoms with Crippen LogP contribution in [0, 0.1) is 5.92 Å². The molecule has 1 rings (SSSR count). The zero-order valence-corrected chi connectivity index (χ0v) is 11.9. The summed E-state index contributed by atoms with van der Waals surface area (Å²) in [6, 6.07) is 4.96. The standard InChI is InChI=1S/C14H21F3N2O/c1-9(2)13(20-3)12(19-18)8-10-4-6-11(7-5-10)14(15,16)17/h4-7,9,12-13,19H,8,18H2,1-3H3. The number of hydrazine groups is 1. The Hall–Kier alpha value is -1.11. The Kier molecular flexibility index (Phi) is 5.98. The molecule has 3 N–H and O–H groups in total. The molecule has 114 valence electrons. The summed E-state index contributed by atoms with van der Waals surface area (Å²) in [7, 11) is 1.60. The van der Waals surface area contributed by atoms with Crippen LogP contribution in [0.1, 0.15) is 25.0 Å². The van der Waals surface area contributed by atoms with Crippen molar-refractivity contribution >= 4 is 0 Å². The van der Waals surface area contributed by atoms with E-state index in [0.717, 1.165) is 17.7 Å². The molecule has 0 spiro atoms. The van der Waals surface area contributed by atoms with Gasteiger partial charge < -0.3 is 4.74 Å². The Morgan fingerprint density at radius 2 is 1.75 bits per heavy atom. The van der Waals surface area contributed by atoms with Crippen molar-refractivity contribution in [3.63, 3.8) is 0 Å². The first-order valence-electron chi connectivity index (χ1n) is 6.44. The summed E-state index contributed by atoms with van der Waals surface area (Å²) in [5, 5.41) is 0. The summed E-state index contributed by atoms with van der Waals surface area (Å²) in [5.74, 6) is 5.77. The Bertz CT molecular complexity index is 404. The fraction of sp³-hybridized carbons (Fsp3) is 0.571. The van der Waals surface area contributed by atoms with E-state index < -0.39 is 11.7 Å². The molecule has 0 bridgehead atoms. The van der Waals surface area contributed by atoms with Gasteiger partial charge in [-0.05, 0) is 30.0 Å². The van der Waals surface area contributed by atoms with Crippen molar-refractivity contribution < 1.29 is 17.9 Å². The number of methoxy groups -OCH3 is 1. The van der Waals surface area contributed by atoms with E-state index in [9.17, 15) is 13.2 Å². The number of alkyl halides is 3. The summed E-state index contributed by atoms with van der Waals surface area (Å²) in [4.78, 5) is 0. The first-order valence-corrected chi connectivity index (χ1v) is 6.44. The topological polar surface area (TPSA) is 47.3 Å². The highest BCUT2D eigenvalue weighted by atomic mass is 19.4. The van der Waals surface area contributed by atoms with Crippen LogP contribution in [0.4, 0.5) is 13.2 Å². The predicted octanol–water partition coefficient (Wildman–Crippen LogP) is 2.75. The SMILES string of the molecule is COC(C(C)C)C(Cc1ccc(C(F)(F)F)cc1)NN. The van der Waals surface area contributed by atoms with Crippen molar-refractivity contribution in [3.05, 3.63) is 35.4 Å². The first-order chi connectivity index (χ1) is 9.29. The average molecular weight is 290 g/mol. The van der Waals surface area contributed by atoms with E-state index in [0.29, 0.717) is 6.42 Å². The molecule has 0 aromatic heterocycles. The van der Waals surface area contributed by atoms with Crippen LogP contribution in [-0.2, 0) is 17.3 Å². The number of nitrogens with one attached hydrogen (secondary N) is 1. The van der Waals surface area contributed by atoms with E-state index in [4.69, 9.17) is 10.6 Å². The summed E-state index contributed by atoms with van der Waals surface area (Å²) in [5.41, 5.74) is 2.81. The smallest absolute Gasteiger partial charge is 0.380 e. The van der Waals surface area contributed by atoms with Crippen molar-refractivity contribution in [3.8, 4) is 0 Å². The fourth-order valence-electron chi connectivity index (χ4n) is 2.25. The second kappa shape index (κ2) is 7.06. The van der Waals surface area contributed by atoms with Crippen molar-refractivity contribution in [2.24, 2.45) is 11.8 Å². The van der Waals surface area contributed by atoms with Gasteiger partial charge in [-0.25, -0.2) is 0 Å². The molecule has 0 heterocycles. The molecule has 0 saturated carbocycles. The molecule has 0 aliphatic heterocycles. The van der Waals surface area contributed by atoms with Crippen LogP contribution in [0.25, 0.3) is 0 Å². The number of hydrogen-bond acceptors (Lipinski definition) is 3. The summed E-state index contributed by atoms with van der Waals surface area (Å²) in [6.45, 7) is 4.01. The molecule has 0 aliphatic carbocycles. The minimum Gasteiger partial charge on any atom is -0.380 e. The summed E-state index contributed by atoms with van der Waals surface area (Å²) < 4.78 is 42.8. The van der Waals surface area contributed by atoms with Gasteiger partial charge in [0.2, 0.25) is 0 Å². The van der Waals surface area contributed by atoms with Gasteiger partial charge in [0.25, 0.3) is 0 Å². The number of halogens is 3. The van der Waals surface area contributed by atoms with Crippen LogP contribution >= 0.6 is 0 Å². The molecule has 0 amide bonds. The second-order valence-electron chi connectivity index (χ2n) is 5.12. The van der Waals surface area contributed by atoms with Gasteiger partial charge in [0.1, 0.15) is 0 Å². The Labute approximate surface area is 117 Å². The third kappa shape index (κ3) is 4.47.